The second-order valence-corrected chi connectivity index (χ2v) is 7.42. The van der Waals surface area contributed by atoms with Crippen LogP contribution in [-0.4, -0.2) is 51.8 Å². The fraction of sp³-hybridized carbons (Fsp3) is 0.550. The molecule has 2 heterocycles. The number of likely N-dealkylation sites (tertiary alicyclic amines) is 1. The lowest BCUT2D eigenvalue weighted by Crippen LogP contribution is -2.54. The highest BCUT2D eigenvalue weighted by molar-refractivity contribution is 5.99. The van der Waals surface area contributed by atoms with Crippen molar-refractivity contribution < 1.29 is 15.0 Å². The summed E-state index contributed by atoms with van der Waals surface area (Å²) in [6.07, 6.45) is 1.64. The average Bonchev–Trinajstić information content (AvgIpc) is 2.90. The van der Waals surface area contributed by atoms with Crippen LogP contribution in [0, 0.1) is 19.3 Å². The number of carbonyl (C=O) groups excluding carboxylic acids is 1. The van der Waals surface area contributed by atoms with Crippen molar-refractivity contribution in [3.05, 3.63) is 35.0 Å². The smallest absolute Gasteiger partial charge is 0.253 e. The van der Waals surface area contributed by atoms with Gasteiger partial charge in [0.2, 0.25) is 0 Å². The van der Waals surface area contributed by atoms with Crippen LogP contribution >= 0.6 is 0 Å². The van der Waals surface area contributed by atoms with E-state index in [1.165, 1.54) is 0 Å². The predicted molar refractivity (Wildman–Crippen MR) is 98.7 cm³/mol. The Labute approximate surface area is 148 Å². The number of hydrogen-bond donors (Lipinski definition) is 3. The minimum absolute atomic E-state index is 0.0299. The number of aromatic nitrogens is 1. The highest BCUT2D eigenvalue weighted by Crippen LogP contribution is 2.36. The molecular weight excluding hydrogens is 316 g/mol. The second kappa shape index (κ2) is 6.81. The third-order valence-corrected chi connectivity index (χ3v) is 5.89. The van der Waals surface area contributed by atoms with E-state index in [0.29, 0.717) is 18.5 Å². The van der Waals surface area contributed by atoms with Gasteiger partial charge in [-0.3, -0.25) is 4.79 Å². The number of aliphatic hydroxyl groups excluding tert-OH is 2. The Bertz CT molecular complexity index is 783. The average molecular weight is 344 g/mol. The summed E-state index contributed by atoms with van der Waals surface area (Å²) in [5.41, 5.74) is 3.48. The third-order valence-electron chi connectivity index (χ3n) is 5.89. The number of carbonyl (C=O) groups is 1. The van der Waals surface area contributed by atoms with E-state index in [-0.39, 0.29) is 19.1 Å². The van der Waals surface area contributed by atoms with Crippen LogP contribution in [0.5, 0.6) is 0 Å². The molecule has 2 aromatic rings. The molecule has 1 fully saturated rings. The lowest BCUT2D eigenvalue weighted by Gasteiger charge is -2.44. The normalized spacial score (nSPS) is 24.0. The quantitative estimate of drug-likeness (QED) is 0.798. The third kappa shape index (κ3) is 3.07. The molecule has 2 atom stereocenters. The summed E-state index contributed by atoms with van der Waals surface area (Å²) in [4.78, 5) is 17.9. The summed E-state index contributed by atoms with van der Waals surface area (Å²) in [6.45, 7) is 6.95. The molecule has 1 amide bonds. The van der Waals surface area contributed by atoms with E-state index in [0.717, 1.165) is 35.0 Å². The van der Waals surface area contributed by atoms with Crippen LogP contribution < -0.4 is 0 Å². The Morgan fingerprint density at radius 2 is 2.16 bits per heavy atom. The van der Waals surface area contributed by atoms with E-state index < -0.39 is 11.5 Å². The molecule has 0 aliphatic carbocycles. The van der Waals surface area contributed by atoms with Gasteiger partial charge in [0.15, 0.2) is 0 Å². The number of fused-ring (bicyclic) bond motifs is 1. The first-order chi connectivity index (χ1) is 11.9. The molecule has 5 heteroatoms. The van der Waals surface area contributed by atoms with Crippen molar-refractivity contribution in [3.8, 4) is 0 Å². The SMILES string of the molecule is CCC[C@]1(CO)CCN(C(=O)c2ccc3[nH]c(C)c(C)c3c2)C[C@@H]1O. The zero-order valence-electron chi connectivity index (χ0n) is 15.3. The molecule has 0 bridgehead atoms. The molecule has 1 aliphatic rings. The first kappa shape index (κ1) is 18.0. The molecule has 1 aromatic carbocycles. The Balaban J connectivity index is 1.81. The molecule has 0 saturated carbocycles. The van der Waals surface area contributed by atoms with Gasteiger partial charge in [0.25, 0.3) is 5.91 Å². The lowest BCUT2D eigenvalue weighted by atomic mass is 9.73. The molecular formula is C20H28N2O3. The van der Waals surface area contributed by atoms with Gasteiger partial charge in [0.05, 0.1) is 12.7 Å². The van der Waals surface area contributed by atoms with Gasteiger partial charge >= 0.3 is 0 Å². The molecule has 0 spiro atoms. The van der Waals surface area contributed by atoms with Crippen molar-refractivity contribution in [1.29, 1.82) is 0 Å². The largest absolute Gasteiger partial charge is 0.396 e. The Morgan fingerprint density at radius 1 is 1.40 bits per heavy atom. The molecule has 1 aromatic heterocycles. The van der Waals surface area contributed by atoms with E-state index in [9.17, 15) is 15.0 Å². The first-order valence-electron chi connectivity index (χ1n) is 9.09. The maximum Gasteiger partial charge on any atom is 0.253 e. The second-order valence-electron chi connectivity index (χ2n) is 7.42. The van der Waals surface area contributed by atoms with Crippen molar-refractivity contribution in [3.63, 3.8) is 0 Å². The van der Waals surface area contributed by atoms with Gasteiger partial charge < -0.3 is 20.1 Å². The van der Waals surface area contributed by atoms with Crippen LogP contribution in [-0.2, 0) is 0 Å². The van der Waals surface area contributed by atoms with Crippen LogP contribution in [0.3, 0.4) is 0 Å². The summed E-state index contributed by atoms with van der Waals surface area (Å²) in [5.74, 6) is -0.0535. The van der Waals surface area contributed by atoms with Gasteiger partial charge in [-0.1, -0.05) is 13.3 Å². The summed E-state index contributed by atoms with van der Waals surface area (Å²) in [5, 5.41) is 21.4. The first-order valence-corrected chi connectivity index (χ1v) is 9.09. The number of benzene rings is 1. The number of aliphatic hydroxyl groups is 2. The van der Waals surface area contributed by atoms with E-state index in [4.69, 9.17) is 0 Å². The van der Waals surface area contributed by atoms with E-state index >= 15 is 0 Å². The van der Waals surface area contributed by atoms with Crippen LogP contribution in [0.4, 0.5) is 0 Å². The number of nitrogens with one attached hydrogen (secondary N) is 1. The monoisotopic (exact) mass is 344 g/mol. The molecule has 136 valence electrons. The standard InChI is InChI=1S/C20H28N2O3/c1-4-7-20(12-23)8-9-22(11-18(20)24)19(25)15-5-6-17-16(10-15)13(2)14(3)21-17/h5-6,10,18,21,23-24H,4,7-9,11-12H2,1-3H3/t18-,20+/m0/s1. The molecule has 1 aliphatic heterocycles. The number of rotatable bonds is 4. The summed E-state index contributed by atoms with van der Waals surface area (Å²) in [7, 11) is 0. The Morgan fingerprint density at radius 3 is 2.80 bits per heavy atom. The van der Waals surface area contributed by atoms with Crippen LogP contribution in [0.25, 0.3) is 10.9 Å². The molecule has 0 radical (unpaired) electrons. The zero-order chi connectivity index (χ0) is 18.2. The Kier molecular flexibility index (Phi) is 4.89. The number of piperidine rings is 1. The van der Waals surface area contributed by atoms with E-state index in [2.05, 4.69) is 11.9 Å². The van der Waals surface area contributed by atoms with Gasteiger partial charge in [0.1, 0.15) is 0 Å². The van der Waals surface area contributed by atoms with Gasteiger partial charge in [-0.2, -0.15) is 0 Å². The fourth-order valence-corrected chi connectivity index (χ4v) is 4.03. The zero-order valence-corrected chi connectivity index (χ0v) is 15.3. The van der Waals surface area contributed by atoms with Gasteiger partial charge in [-0.05, 0) is 50.5 Å². The van der Waals surface area contributed by atoms with E-state index in [1.807, 2.05) is 32.0 Å². The minimum atomic E-state index is -0.685. The fourth-order valence-electron chi connectivity index (χ4n) is 4.03. The van der Waals surface area contributed by atoms with Crippen molar-refractivity contribution in [1.82, 2.24) is 9.88 Å². The highest BCUT2D eigenvalue weighted by atomic mass is 16.3. The highest BCUT2D eigenvalue weighted by Gasteiger charge is 2.42. The summed E-state index contributed by atoms with van der Waals surface area (Å²) < 4.78 is 0. The number of nitrogens with zero attached hydrogens (tertiary/aromatic N) is 1. The lowest BCUT2D eigenvalue weighted by molar-refractivity contribution is -0.0713. The molecule has 1 saturated heterocycles. The van der Waals surface area contributed by atoms with Crippen LogP contribution in [0.1, 0.15) is 47.8 Å². The molecule has 0 unspecified atom stereocenters. The van der Waals surface area contributed by atoms with Gasteiger partial charge in [-0.25, -0.2) is 0 Å². The minimum Gasteiger partial charge on any atom is -0.396 e. The van der Waals surface area contributed by atoms with E-state index in [1.54, 1.807) is 4.90 Å². The number of aryl methyl sites for hydroxylation is 2. The maximum absolute atomic E-state index is 12.9. The van der Waals surface area contributed by atoms with Crippen molar-refractivity contribution in [2.24, 2.45) is 5.41 Å². The Hall–Kier alpha value is -1.85. The topological polar surface area (TPSA) is 76.6 Å². The molecule has 3 rings (SSSR count). The van der Waals surface area contributed by atoms with Crippen molar-refractivity contribution in [2.45, 2.75) is 46.1 Å². The van der Waals surface area contributed by atoms with Crippen molar-refractivity contribution >= 4 is 16.8 Å². The van der Waals surface area contributed by atoms with Crippen LogP contribution in [0.15, 0.2) is 18.2 Å². The van der Waals surface area contributed by atoms with Gasteiger partial charge in [-0.15, -0.1) is 0 Å². The molecule has 3 N–H and O–H groups in total. The number of aromatic amines is 1. The molecule has 25 heavy (non-hydrogen) atoms. The number of hydrogen-bond acceptors (Lipinski definition) is 3. The van der Waals surface area contributed by atoms with Crippen molar-refractivity contribution in [2.75, 3.05) is 19.7 Å². The number of β-amino-alcohol motifs (C(OH)–C–C–N with tert-alkyl or cyclic N) is 1. The van der Waals surface area contributed by atoms with Crippen LogP contribution in [0.2, 0.25) is 0 Å². The predicted octanol–water partition coefficient (Wildman–Crippen LogP) is 2.77. The number of H-pyrrole nitrogens is 1. The number of amides is 1. The molecule has 5 nitrogen and oxygen atoms in total. The summed E-state index contributed by atoms with van der Waals surface area (Å²) in [6, 6.07) is 5.72. The van der Waals surface area contributed by atoms with Gasteiger partial charge in [0, 0.05) is 40.7 Å². The maximum atomic E-state index is 12.9. The summed E-state index contributed by atoms with van der Waals surface area (Å²) >= 11 is 0.